The molecule has 0 bridgehead atoms. The van der Waals surface area contributed by atoms with Crippen LogP contribution in [0.2, 0.25) is 5.02 Å². The summed E-state index contributed by atoms with van der Waals surface area (Å²) >= 11 is 9.62. The summed E-state index contributed by atoms with van der Waals surface area (Å²) < 4.78 is 24.5. The Morgan fingerprint density at radius 3 is 2.74 bits per heavy atom. The van der Waals surface area contributed by atoms with Crippen LogP contribution < -0.4 is 20.1 Å². The Hall–Kier alpha value is -2.66. The molecule has 34 heavy (non-hydrogen) atoms. The molecule has 2 unspecified atom stereocenters. The minimum Gasteiger partial charge on any atom is -0.493 e. The van der Waals surface area contributed by atoms with Crippen LogP contribution in [0.25, 0.3) is 10.9 Å². The molecule has 178 valence electrons. The number of benzene rings is 2. The number of ether oxygens (including phenoxy) is 4. The van der Waals surface area contributed by atoms with E-state index in [0.29, 0.717) is 41.1 Å². The molecule has 0 spiro atoms. The molecule has 2 aliphatic rings. The number of aromatic nitrogens is 2. The fourth-order valence-electron chi connectivity index (χ4n) is 4.24. The summed E-state index contributed by atoms with van der Waals surface area (Å²) in [5, 5.41) is 7.50. The number of hydrogen-bond acceptors (Lipinski definition) is 8. The highest BCUT2D eigenvalue weighted by Crippen LogP contribution is 2.38. The van der Waals surface area contributed by atoms with Crippen LogP contribution in [0.15, 0.2) is 41.1 Å². The van der Waals surface area contributed by atoms with Crippen molar-refractivity contribution in [2.45, 2.75) is 31.3 Å². The molecular weight excluding hydrogens is 528 g/mol. The molecule has 1 aromatic heterocycles. The second kappa shape index (κ2) is 9.53. The van der Waals surface area contributed by atoms with Crippen LogP contribution in [0.1, 0.15) is 6.92 Å². The van der Waals surface area contributed by atoms with Crippen LogP contribution in [0.4, 0.5) is 11.5 Å². The third kappa shape index (κ3) is 4.50. The highest BCUT2D eigenvalue weighted by molar-refractivity contribution is 9.10. The molecule has 4 atom stereocenters. The Kier molecular flexibility index (Phi) is 6.48. The van der Waals surface area contributed by atoms with E-state index in [1.54, 1.807) is 13.2 Å². The average molecular weight is 550 g/mol. The number of nitrogens with zero attached hydrogens (tertiary/aromatic N) is 2. The molecule has 2 saturated heterocycles. The zero-order valence-electron chi connectivity index (χ0n) is 18.4. The lowest BCUT2D eigenvalue weighted by molar-refractivity contribution is -0.120. The topological polar surface area (TPSA) is 104 Å². The summed E-state index contributed by atoms with van der Waals surface area (Å²) in [4.78, 5) is 20.2. The fraction of sp³-hybridized carbons (Fsp3) is 0.348. The van der Waals surface area contributed by atoms with Gasteiger partial charge in [-0.3, -0.25) is 4.79 Å². The van der Waals surface area contributed by atoms with Crippen molar-refractivity contribution in [3.05, 3.63) is 46.2 Å². The van der Waals surface area contributed by atoms with E-state index in [2.05, 4.69) is 36.5 Å². The van der Waals surface area contributed by atoms with Gasteiger partial charge in [0.25, 0.3) is 0 Å². The Morgan fingerprint density at radius 2 is 1.97 bits per heavy atom. The normalized spacial score (nSPS) is 23.5. The Balaban J connectivity index is 1.40. The first kappa shape index (κ1) is 23.1. The van der Waals surface area contributed by atoms with E-state index in [4.69, 9.17) is 30.5 Å². The van der Waals surface area contributed by atoms with Gasteiger partial charge in [-0.05, 0) is 40.2 Å². The lowest BCUT2D eigenvalue weighted by Gasteiger charge is -2.20. The van der Waals surface area contributed by atoms with Crippen molar-refractivity contribution in [2.75, 3.05) is 25.6 Å². The van der Waals surface area contributed by atoms with Crippen LogP contribution in [0.5, 0.6) is 11.5 Å². The number of rotatable bonds is 6. The smallest absolute Gasteiger partial charge is 0.217 e. The van der Waals surface area contributed by atoms with Gasteiger partial charge in [-0.1, -0.05) is 11.6 Å². The van der Waals surface area contributed by atoms with Gasteiger partial charge < -0.3 is 29.6 Å². The summed E-state index contributed by atoms with van der Waals surface area (Å²) in [6, 6.07) is 9.01. The number of methoxy groups -OCH3 is 1. The molecule has 11 heteroatoms. The molecular formula is C23H22BrClN4O5. The molecule has 5 rings (SSSR count). The second-order valence-corrected chi connectivity index (χ2v) is 9.32. The third-order valence-corrected chi connectivity index (χ3v) is 7.01. The van der Waals surface area contributed by atoms with E-state index in [1.165, 1.54) is 13.3 Å². The molecule has 9 nitrogen and oxygen atoms in total. The van der Waals surface area contributed by atoms with Crippen LogP contribution in [-0.4, -0.2) is 60.6 Å². The molecule has 3 heterocycles. The number of halogens is 2. The predicted molar refractivity (Wildman–Crippen MR) is 130 cm³/mol. The Morgan fingerprint density at radius 1 is 1.15 bits per heavy atom. The van der Waals surface area contributed by atoms with Gasteiger partial charge in [0.15, 0.2) is 17.6 Å². The highest BCUT2D eigenvalue weighted by Gasteiger charge is 2.49. The van der Waals surface area contributed by atoms with Gasteiger partial charge in [0.1, 0.15) is 24.4 Å². The largest absolute Gasteiger partial charge is 0.493 e. The van der Waals surface area contributed by atoms with Crippen LogP contribution in [0, 0.1) is 0 Å². The number of anilines is 2. The number of hydrogen-bond donors (Lipinski definition) is 2. The summed E-state index contributed by atoms with van der Waals surface area (Å²) in [7, 11) is 1.58. The van der Waals surface area contributed by atoms with Crippen molar-refractivity contribution in [3.8, 4) is 11.5 Å². The van der Waals surface area contributed by atoms with Gasteiger partial charge >= 0.3 is 0 Å². The fourth-order valence-corrected chi connectivity index (χ4v) is 4.67. The third-order valence-electron chi connectivity index (χ3n) is 5.78. The standard InChI is InChI=1S/C23H22BrClN4O5/c1-11(30)28-17-8-32-22-20(9-33-21(17)22)34-19-7-16-13(6-18(19)31-2)23(27-10-26-16)29-12-3-4-14(24)15(25)5-12/h3-7,10,17,20-22H,8-9H2,1-2H3,(H,28,30)(H,26,27,29)/t17-,20-,21?,22?/m1/s1. The first-order valence-corrected chi connectivity index (χ1v) is 11.8. The summed E-state index contributed by atoms with van der Waals surface area (Å²) in [6.07, 6.45) is 0.589. The summed E-state index contributed by atoms with van der Waals surface area (Å²) in [5.41, 5.74) is 1.46. The first-order chi connectivity index (χ1) is 16.4. The van der Waals surface area contributed by atoms with E-state index in [9.17, 15) is 4.79 Å². The lowest BCUT2D eigenvalue weighted by atomic mass is 10.1. The maximum Gasteiger partial charge on any atom is 0.217 e. The van der Waals surface area contributed by atoms with Crippen molar-refractivity contribution in [1.82, 2.24) is 15.3 Å². The monoisotopic (exact) mass is 548 g/mol. The number of carbonyl (C=O) groups excluding carboxylic acids is 1. The van der Waals surface area contributed by atoms with Crippen molar-refractivity contribution in [2.24, 2.45) is 0 Å². The van der Waals surface area contributed by atoms with Crippen LogP contribution in [-0.2, 0) is 14.3 Å². The van der Waals surface area contributed by atoms with Crippen LogP contribution >= 0.6 is 27.5 Å². The van der Waals surface area contributed by atoms with E-state index in [0.717, 1.165) is 15.5 Å². The Labute approximate surface area is 209 Å². The molecule has 2 fully saturated rings. The van der Waals surface area contributed by atoms with Gasteiger partial charge in [-0.2, -0.15) is 0 Å². The molecule has 0 aliphatic carbocycles. The lowest BCUT2D eigenvalue weighted by Crippen LogP contribution is -2.43. The zero-order chi connectivity index (χ0) is 23.8. The SMILES string of the molecule is COc1cc2c(Nc3ccc(Br)c(Cl)c3)ncnc2cc1O[C@@H]1COC2C1OC[C@H]2NC(C)=O. The molecule has 2 aromatic carbocycles. The van der Waals surface area contributed by atoms with E-state index >= 15 is 0 Å². The van der Waals surface area contributed by atoms with Crippen LogP contribution in [0.3, 0.4) is 0 Å². The summed E-state index contributed by atoms with van der Waals surface area (Å²) in [6.45, 7) is 2.20. The van der Waals surface area contributed by atoms with Crippen molar-refractivity contribution < 1.29 is 23.7 Å². The maximum absolute atomic E-state index is 11.4. The molecule has 3 aromatic rings. The second-order valence-electron chi connectivity index (χ2n) is 8.06. The van der Waals surface area contributed by atoms with Gasteiger partial charge in [-0.15, -0.1) is 0 Å². The quantitative estimate of drug-likeness (QED) is 0.478. The number of carbonyl (C=O) groups is 1. The molecule has 1 amide bonds. The minimum atomic E-state index is -0.348. The van der Waals surface area contributed by atoms with Crippen molar-refractivity contribution in [1.29, 1.82) is 0 Å². The van der Waals surface area contributed by atoms with Gasteiger partial charge in [0.05, 0.1) is 36.9 Å². The number of amides is 1. The van der Waals surface area contributed by atoms with E-state index in [-0.39, 0.29) is 30.3 Å². The highest BCUT2D eigenvalue weighted by atomic mass is 79.9. The average Bonchev–Trinajstić information content (AvgIpc) is 3.39. The molecule has 0 radical (unpaired) electrons. The van der Waals surface area contributed by atoms with E-state index in [1.807, 2.05) is 24.3 Å². The zero-order valence-corrected chi connectivity index (χ0v) is 20.7. The van der Waals surface area contributed by atoms with Gasteiger partial charge in [0, 0.05) is 28.5 Å². The summed E-state index contributed by atoms with van der Waals surface area (Å²) in [5.74, 6) is 1.54. The molecule has 2 N–H and O–H groups in total. The van der Waals surface area contributed by atoms with Crippen molar-refractivity contribution in [3.63, 3.8) is 0 Å². The predicted octanol–water partition coefficient (Wildman–Crippen LogP) is 3.85. The van der Waals surface area contributed by atoms with E-state index < -0.39 is 0 Å². The molecule has 2 aliphatic heterocycles. The van der Waals surface area contributed by atoms with Gasteiger partial charge in [0.2, 0.25) is 5.91 Å². The maximum atomic E-state index is 11.4. The molecule has 0 saturated carbocycles. The minimum absolute atomic E-state index is 0.118. The Bertz CT molecular complexity index is 1250. The van der Waals surface area contributed by atoms with Gasteiger partial charge in [-0.25, -0.2) is 9.97 Å². The van der Waals surface area contributed by atoms with Crippen molar-refractivity contribution >= 4 is 55.8 Å². The number of fused-ring (bicyclic) bond motifs is 2. The first-order valence-electron chi connectivity index (χ1n) is 10.6. The number of nitrogens with one attached hydrogen (secondary N) is 2.